The molecule has 2 aliphatic rings. The molecule has 5 heteroatoms. The number of benzene rings is 2. The predicted octanol–water partition coefficient (Wildman–Crippen LogP) is 4.08. The summed E-state index contributed by atoms with van der Waals surface area (Å²) in [6.45, 7) is 5.13. The lowest BCUT2D eigenvalue weighted by Gasteiger charge is -2.41. The van der Waals surface area contributed by atoms with E-state index in [-0.39, 0.29) is 5.75 Å². The Bertz CT molecular complexity index is 811. The Balaban J connectivity index is 1.43. The average molecular weight is 387 g/mol. The van der Waals surface area contributed by atoms with E-state index >= 15 is 0 Å². The second-order valence-corrected chi connectivity index (χ2v) is 8.04. The second kappa shape index (κ2) is 8.09. The first-order valence-corrected chi connectivity index (χ1v) is 10.1. The molecule has 4 nitrogen and oxygen atoms in total. The van der Waals surface area contributed by atoms with Gasteiger partial charge in [0.1, 0.15) is 0 Å². The SMILES string of the molecule is COc1cc(CN2CCCC(N3CCc4ccccc4C3)C2)c(Cl)cc1O. The number of phenols is 1. The Morgan fingerprint density at radius 2 is 2.00 bits per heavy atom. The second-order valence-electron chi connectivity index (χ2n) is 7.64. The van der Waals surface area contributed by atoms with Crippen LogP contribution in [0.25, 0.3) is 0 Å². The summed E-state index contributed by atoms with van der Waals surface area (Å²) in [5, 5.41) is 10.5. The van der Waals surface area contributed by atoms with Gasteiger partial charge in [-0.1, -0.05) is 35.9 Å². The molecule has 2 aromatic carbocycles. The molecular formula is C22H27ClN2O2. The van der Waals surface area contributed by atoms with Crippen LogP contribution in [0.4, 0.5) is 0 Å². The van der Waals surface area contributed by atoms with Crippen LogP contribution in [0.3, 0.4) is 0 Å². The maximum absolute atomic E-state index is 9.88. The first-order chi connectivity index (χ1) is 13.1. The lowest BCUT2D eigenvalue weighted by atomic mass is 9.96. The largest absolute Gasteiger partial charge is 0.504 e. The number of rotatable bonds is 4. The van der Waals surface area contributed by atoms with Crippen molar-refractivity contribution in [1.82, 2.24) is 9.80 Å². The van der Waals surface area contributed by atoms with Gasteiger partial charge >= 0.3 is 0 Å². The number of phenolic OH excluding ortho intramolecular Hbond substituents is 1. The van der Waals surface area contributed by atoms with Crippen LogP contribution in [-0.2, 0) is 19.5 Å². The van der Waals surface area contributed by atoms with E-state index in [1.54, 1.807) is 13.2 Å². The van der Waals surface area contributed by atoms with Crippen molar-refractivity contribution in [1.29, 1.82) is 0 Å². The summed E-state index contributed by atoms with van der Waals surface area (Å²) in [6.07, 6.45) is 3.61. The number of hydrogen-bond donors (Lipinski definition) is 1. The fourth-order valence-electron chi connectivity index (χ4n) is 4.41. The number of piperidine rings is 1. The number of aromatic hydroxyl groups is 1. The monoisotopic (exact) mass is 386 g/mol. The van der Waals surface area contributed by atoms with Gasteiger partial charge in [-0.25, -0.2) is 0 Å². The van der Waals surface area contributed by atoms with Gasteiger partial charge in [-0.3, -0.25) is 9.80 Å². The molecule has 2 aromatic rings. The first-order valence-electron chi connectivity index (χ1n) is 9.72. The minimum absolute atomic E-state index is 0.0924. The van der Waals surface area contributed by atoms with Crippen LogP contribution >= 0.6 is 11.6 Å². The van der Waals surface area contributed by atoms with E-state index in [9.17, 15) is 5.11 Å². The quantitative estimate of drug-likeness (QED) is 0.859. The Morgan fingerprint density at radius 1 is 1.19 bits per heavy atom. The van der Waals surface area contributed by atoms with Crippen molar-refractivity contribution in [2.75, 3.05) is 26.7 Å². The molecule has 0 aromatic heterocycles. The normalized spacial score (nSPS) is 21.0. The molecular weight excluding hydrogens is 360 g/mol. The molecule has 1 fully saturated rings. The zero-order chi connectivity index (χ0) is 18.8. The molecule has 0 amide bonds. The number of likely N-dealkylation sites (tertiary alicyclic amines) is 1. The van der Waals surface area contributed by atoms with Crippen LogP contribution in [0.1, 0.15) is 29.5 Å². The van der Waals surface area contributed by atoms with E-state index in [1.165, 1.54) is 24.0 Å². The summed E-state index contributed by atoms with van der Waals surface area (Å²) in [6, 6.07) is 12.9. The number of hydrogen-bond acceptors (Lipinski definition) is 4. The lowest BCUT2D eigenvalue weighted by Crippen LogP contribution is -2.49. The fraction of sp³-hybridized carbons (Fsp3) is 0.455. The van der Waals surface area contributed by atoms with Gasteiger partial charge in [-0.15, -0.1) is 0 Å². The van der Waals surface area contributed by atoms with Gasteiger partial charge in [-0.05, 0) is 48.6 Å². The molecule has 1 unspecified atom stereocenters. The standard InChI is InChI=1S/C22H27ClN2O2/c1-27-22-11-18(20(23)12-21(22)26)13-24-9-4-7-19(15-24)25-10-8-16-5-2-3-6-17(16)14-25/h2-3,5-6,11-12,19,26H,4,7-10,13-15H2,1H3. The van der Waals surface area contributed by atoms with E-state index in [0.717, 1.165) is 44.7 Å². The number of methoxy groups -OCH3 is 1. The highest BCUT2D eigenvalue weighted by atomic mass is 35.5. The third kappa shape index (κ3) is 4.08. The predicted molar refractivity (Wildman–Crippen MR) is 109 cm³/mol. The minimum atomic E-state index is 0.0924. The zero-order valence-corrected chi connectivity index (χ0v) is 16.6. The molecule has 4 rings (SSSR count). The van der Waals surface area contributed by atoms with Gasteiger partial charge < -0.3 is 9.84 Å². The topological polar surface area (TPSA) is 35.9 Å². The fourth-order valence-corrected chi connectivity index (χ4v) is 4.63. The maximum Gasteiger partial charge on any atom is 0.160 e. The molecule has 1 N–H and O–H groups in total. The molecule has 27 heavy (non-hydrogen) atoms. The molecule has 0 bridgehead atoms. The third-order valence-corrected chi connectivity index (χ3v) is 6.25. The van der Waals surface area contributed by atoms with Gasteiger partial charge in [-0.2, -0.15) is 0 Å². The van der Waals surface area contributed by atoms with E-state index in [4.69, 9.17) is 16.3 Å². The number of ether oxygens (including phenoxy) is 1. The van der Waals surface area contributed by atoms with Gasteiger partial charge in [0.05, 0.1) is 7.11 Å². The Hall–Kier alpha value is -1.75. The number of fused-ring (bicyclic) bond motifs is 1. The highest BCUT2D eigenvalue weighted by molar-refractivity contribution is 6.31. The lowest BCUT2D eigenvalue weighted by molar-refractivity contribution is 0.0838. The zero-order valence-electron chi connectivity index (χ0n) is 15.8. The summed E-state index contributed by atoms with van der Waals surface area (Å²) in [5.74, 6) is 0.574. The van der Waals surface area contributed by atoms with Crippen molar-refractivity contribution in [2.45, 2.75) is 38.4 Å². The van der Waals surface area contributed by atoms with E-state index in [2.05, 4.69) is 34.1 Å². The van der Waals surface area contributed by atoms with Crippen molar-refractivity contribution in [2.24, 2.45) is 0 Å². The summed E-state index contributed by atoms with van der Waals surface area (Å²) < 4.78 is 5.24. The summed E-state index contributed by atoms with van der Waals surface area (Å²) in [4.78, 5) is 5.12. The first kappa shape index (κ1) is 18.6. The van der Waals surface area contributed by atoms with Crippen LogP contribution in [0.5, 0.6) is 11.5 Å². The van der Waals surface area contributed by atoms with Crippen molar-refractivity contribution in [3.63, 3.8) is 0 Å². The van der Waals surface area contributed by atoms with Crippen molar-refractivity contribution >= 4 is 11.6 Å². The number of halogens is 1. The average Bonchev–Trinajstić information content (AvgIpc) is 2.70. The Labute approximate surface area is 166 Å². The molecule has 144 valence electrons. The smallest absolute Gasteiger partial charge is 0.160 e. The van der Waals surface area contributed by atoms with E-state index < -0.39 is 0 Å². The summed E-state index contributed by atoms with van der Waals surface area (Å²) in [5.41, 5.74) is 3.99. The van der Waals surface area contributed by atoms with Crippen LogP contribution in [0.15, 0.2) is 36.4 Å². The minimum Gasteiger partial charge on any atom is -0.504 e. The summed E-state index contributed by atoms with van der Waals surface area (Å²) in [7, 11) is 1.57. The molecule has 0 radical (unpaired) electrons. The number of nitrogens with zero attached hydrogens (tertiary/aromatic N) is 2. The molecule has 0 saturated carbocycles. The van der Waals surface area contributed by atoms with Crippen LogP contribution in [-0.4, -0.2) is 47.7 Å². The molecule has 1 atom stereocenters. The van der Waals surface area contributed by atoms with Gasteiger partial charge in [0.15, 0.2) is 11.5 Å². The third-order valence-electron chi connectivity index (χ3n) is 5.90. The van der Waals surface area contributed by atoms with Gasteiger partial charge in [0.2, 0.25) is 0 Å². The molecule has 2 heterocycles. The molecule has 0 aliphatic carbocycles. The van der Waals surface area contributed by atoms with E-state index in [1.807, 2.05) is 6.07 Å². The molecule has 1 saturated heterocycles. The highest BCUT2D eigenvalue weighted by Gasteiger charge is 2.28. The Kier molecular flexibility index (Phi) is 5.58. The van der Waals surface area contributed by atoms with Gasteiger partial charge in [0.25, 0.3) is 0 Å². The van der Waals surface area contributed by atoms with Crippen molar-refractivity contribution in [3.8, 4) is 11.5 Å². The van der Waals surface area contributed by atoms with E-state index in [0.29, 0.717) is 16.8 Å². The Morgan fingerprint density at radius 3 is 2.81 bits per heavy atom. The van der Waals surface area contributed by atoms with Gasteiger partial charge in [0, 0.05) is 43.3 Å². The summed E-state index contributed by atoms with van der Waals surface area (Å²) >= 11 is 6.37. The van der Waals surface area contributed by atoms with Crippen molar-refractivity contribution < 1.29 is 9.84 Å². The van der Waals surface area contributed by atoms with Crippen molar-refractivity contribution in [3.05, 3.63) is 58.1 Å². The van der Waals surface area contributed by atoms with Crippen LogP contribution in [0.2, 0.25) is 5.02 Å². The van der Waals surface area contributed by atoms with Crippen LogP contribution in [0, 0.1) is 0 Å². The molecule has 2 aliphatic heterocycles. The highest BCUT2D eigenvalue weighted by Crippen LogP contribution is 2.33. The van der Waals surface area contributed by atoms with Crippen LogP contribution < -0.4 is 4.74 Å². The maximum atomic E-state index is 9.88. The molecule has 0 spiro atoms.